The first-order chi connectivity index (χ1) is 15.1. The van der Waals surface area contributed by atoms with Crippen LogP contribution in [0.25, 0.3) is 0 Å². The van der Waals surface area contributed by atoms with E-state index >= 15 is 0 Å². The zero-order valence-corrected chi connectivity index (χ0v) is 27.3. The summed E-state index contributed by atoms with van der Waals surface area (Å²) in [5.41, 5.74) is 5.40. The molecule has 0 fully saturated rings. The van der Waals surface area contributed by atoms with E-state index in [0.29, 0.717) is 5.57 Å². The number of hydrogen-bond acceptors (Lipinski definition) is 2. The maximum Gasteiger partial charge on any atom is 0.334 e. The van der Waals surface area contributed by atoms with Gasteiger partial charge in [0, 0.05) is 16.4 Å². The van der Waals surface area contributed by atoms with E-state index in [1.165, 1.54) is 22.3 Å². The maximum atomic E-state index is 13.5. The second-order valence-electron chi connectivity index (χ2n) is 14.9. The second kappa shape index (κ2) is 10.2. The Hall–Kier alpha value is -1.31. The van der Waals surface area contributed by atoms with E-state index in [-0.39, 0.29) is 22.2 Å². The van der Waals surface area contributed by atoms with Gasteiger partial charge >= 0.3 is 5.97 Å². The molecule has 0 aromatic rings. The van der Waals surface area contributed by atoms with Gasteiger partial charge in [-0.05, 0) is 71.6 Å². The first kappa shape index (κ1) is 33.7. The van der Waals surface area contributed by atoms with Crippen LogP contribution in [0.1, 0.15) is 138 Å². The largest absolute Gasteiger partial charge is 0.454 e. The predicted molar refractivity (Wildman–Crippen MR) is 156 cm³/mol. The van der Waals surface area contributed by atoms with Crippen molar-refractivity contribution in [2.24, 2.45) is 27.1 Å². The number of ether oxygens (including phenoxy) is 1. The molecular formula is C33H60O2. The minimum atomic E-state index is -0.802. The van der Waals surface area contributed by atoms with Crippen LogP contribution in [0, 0.1) is 27.1 Å². The molecule has 0 saturated heterocycles. The molecule has 0 saturated carbocycles. The molecule has 2 heteroatoms. The lowest BCUT2D eigenvalue weighted by molar-refractivity contribution is -0.182. The predicted octanol–water partition coefficient (Wildman–Crippen LogP) is 10.5. The summed E-state index contributed by atoms with van der Waals surface area (Å²) >= 11 is 0. The topological polar surface area (TPSA) is 26.3 Å². The summed E-state index contributed by atoms with van der Waals surface area (Å²) in [6, 6.07) is 0. The lowest BCUT2D eigenvalue weighted by atomic mass is 9.53. The smallest absolute Gasteiger partial charge is 0.334 e. The summed E-state index contributed by atoms with van der Waals surface area (Å²) in [5, 5.41) is 0. The van der Waals surface area contributed by atoms with Crippen LogP contribution in [-0.2, 0) is 9.53 Å². The molecule has 0 spiro atoms. The summed E-state index contributed by atoms with van der Waals surface area (Å²) < 4.78 is 6.68. The molecule has 0 amide bonds. The molecule has 0 aliphatic carbocycles. The van der Waals surface area contributed by atoms with Gasteiger partial charge in [0.05, 0.1) is 0 Å². The van der Waals surface area contributed by atoms with Crippen LogP contribution in [0.2, 0.25) is 0 Å². The molecule has 2 nitrogen and oxygen atoms in total. The van der Waals surface area contributed by atoms with Crippen molar-refractivity contribution in [3.05, 3.63) is 33.4 Å². The van der Waals surface area contributed by atoms with E-state index < -0.39 is 16.4 Å². The van der Waals surface area contributed by atoms with E-state index in [0.717, 1.165) is 5.57 Å². The van der Waals surface area contributed by atoms with Crippen LogP contribution in [0.5, 0.6) is 0 Å². The molecule has 0 aromatic carbocycles. The molecule has 1 atom stereocenters. The number of allylic oxidation sites excluding steroid dienone is 3. The first-order valence-electron chi connectivity index (χ1n) is 13.4. The minimum absolute atomic E-state index is 0.0224. The van der Waals surface area contributed by atoms with E-state index in [1.807, 2.05) is 20.8 Å². The summed E-state index contributed by atoms with van der Waals surface area (Å²) in [4.78, 5) is 13.5. The summed E-state index contributed by atoms with van der Waals surface area (Å²) in [7, 11) is 0. The Morgan fingerprint density at radius 3 is 1.09 bits per heavy atom. The number of esters is 1. The first-order valence-corrected chi connectivity index (χ1v) is 13.4. The molecule has 0 aliphatic rings. The van der Waals surface area contributed by atoms with Gasteiger partial charge in [-0.2, -0.15) is 0 Å². The van der Waals surface area contributed by atoms with Crippen molar-refractivity contribution in [3.63, 3.8) is 0 Å². The third kappa shape index (κ3) is 6.16. The third-order valence-electron chi connectivity index (χ3n) is 10.7. The fraction of sp³-hybridized carbons (Fsp3) is 0.788. The Labute approximate surface area is 220 Å². The van der Waals surface area contributed by atoms with Crippen molar-refractivity contribution in [3.8, 4) is 0 Å². The Bertz CT molecular complexity index is 898. The lowest BCUT2D eigenvalue weighted by Gasteiger charge is -2.56. The number of carbonyl (C=O) groups excluding carboxylic acids is 1. The molecular weight excluding hydrogens is 428 g/mol. The highest BCUT2D eigenvalue weighted by atomic mass is 16.6. The fourth-order valence-electron chi connectivity index (χ4n) is 4.75. The van der Waals surface area contributed by atoms with Crippen LogP contribution < -0.4 is 0 Å². The van der Waals surface area contributed by atoms with Crippen molar-refractivity contribution in [2.45, 2.75) is 144 Å². The Morgan fingerprint density at radius 1 is 0.486 bits per heavy atom. The molecule has 0 aromatic heterocycles. The summed E-state index contributed by atoms with van der Waals surface area (Å²) in [6.07, 6.45) is 0. The van der Waals surface area contributed by atoms with Gasteiger partial charge in [0.25, 0.3) is 0 Å². The van der Waals surface area contributed by atoms with Gasteiger partial charge in [-0.3, -0.25) is 0 Å². The minimum Gasteiger partial charge on any atom is -0.454 e. The van der Waals surface area contributed by atoms with Gasteiger partial charge in [0.1, 0.15) is 5.60 Å². The van der Waals surface area contributed by atoms with E-state index in [4.69, 9.17) is 4.74 Å². The van der Waals surface area contributed by atoms with Gasteiger partial charge in [0.2, 0.25) is 0 Å². The average molecular weight is 489 g/mol. The second-order valence-corrected chi connectivity index (χ2v) is 14.9. The third-order valence-corrected chi connectivity index (χ3v) is 10.7. The molecule has 0 heterocycles. The Kier molecular flexibility index (Phi) is 9.83. The Morgan fingerprint density at radius 2 is 0.800 bits per heavy atom. The van der Waals surface area contributed by atoms with E-state index in [9.17, 15) is 4.79 Å². The zero-order chi connectivity index (χ0) is 28.7. The van der Waals surface area contributed by atoms with Crippen LogP contribution in [0.15, 0.2) is 33.4 Å². The summed E-state index contributed by atoms with van der Waals surface area (Å²) in [5.74, 6) is -0.226. The Balaban J connectivity index is 7.52. The van der Waals surface area contributed by atoms with Gasteiger partial charge in [-0.15, -0.1) is 0 Å². The molecule has 0 bridgehead atoms. The SMILES string of the molecule is CC(C)=C(C)C(=O)OC(C)(C(C)(C)/C(C)=C(/C)C(C)(C)C)C(C)(C)/C(C)=C(/C)C(C)(C)C(C)(C)C. The summed E-state index contributed by atoms with van der Waals surface area (Å²) in [6.45, 7) is 44.3. The molecule has 0 rings (SSSR count). The van der Waals surface area contributed by atoms with Gasteiger partial charge < -0.3 is 4.74 Å². The van der Waals surface area contributed by atoms with Crippen LogP contribution in [0.4, 0.5) is 0 Å². The molecule has 0 radical (unpaired) electrons. The van der Waals surface area contributed by atoms with Crippen molar-refractivity contribution < 1.29 is 9.53 Å². The van der Waals surface area contributed by atoms with Gasteiger partial charge in [-0.1, -0.05) is 111 Å². The standard InChI is InChI=1S/C33H60O2/c1-21(2)22(3)27(34)35-33(20,31(16,17)24(5)23(4)28(8,9)10)32(18,19)26(7)25(6)30(14,15)29(11,12)13/h1-20H3/b24-23-,26-25-. The monoisotopic (exact) mass is 488 g/mol. The molecule has 0 aliphatic heterocycles. The van der Waals surface area contributed by atoms with E-state index in [1.54, 1.807) is 0 Å². The highest BCUT2D eigenvalue weighted by molar-refractivity contribution is 5.89. The van der Waals surface area contributed by atoms with Crippen LogP contribution in [-0.4, -0.2) is 11.6 Å². The molecule has 1 unspecified atom stereocenters. The highest BCUT2D eigenvalue weighted by Gasteiger charge is 2.57. The van der Waals surface area contributed by atoms with Crippen LogP contribution >= 0.6 is 0 Å². The number of rotatable bonds is 7. The molecule has 35 heavy (non-hydrogen) atoms. The highest BCUT2D eigenvalue weighted by Crippen LogP contribution is 2.57. The molecule has 204 valence electrons. The lowest BCUT2D eigenvalue weighted by Crippen LogP contribution is -2.58. The average Bonchev–Trinajstić information content (AvgIpc) is 2.68. The number of carbonyl (C=O) groups is 1. The quantitative estimate of drug-likeness (QED) is 0.202. The number of hydrogen-bond donors (Lipinski definition) is 0. The fourth-order valence-corrected chi connectivity index (χ4v) is 4.75. The van der Waals surface area contributed by atoms with Gasteiger partial charge in [-0.25, -0.2) is 4.79 Å². The van der Waals surface area contributed by atoms with Crippen molar-refractivity contribution in [1.82, 2.24) is 0 Å². The van der Waals surface area contributed by atoms with Crippen molar-refractivity contribution >= 4 is 5.97 Å². The van der Waals surface area contributed by atoms with Gasteiger partial charge in [0.15, 0.2) is 0 Å². The zero-order valence-electron chi connectivity index (χ0n) is 27.3. The van der Waals surface area contributed by atoms with E-state index in [2.05, 4.69) is 118 Å². The van der Waals surface area contributed by atoms with Crippen LogP contribution in [0.3, 0.4) is 0 Å². The normalized spacial score (nSPS) is 17.3. The maximum absolute atomic E-state index is 13.5. The van der Waals surface area contributed by atoms with Crippen molar-refractivity contribution in [1.29, 1.82) is 0 Å². The van der Waals surface area contributed by atoms with Crippen molar-refractivity contribution in [2.75, 3.05) is 0 Å². The molecule has 0 N–H and O–H groups in total.